The molecule has 54 heavy (non-hydrogen) atoms. The summed E-state index contributed by atoms with van der Waals surface area (Å²) in [5, 5.41) is 18.1. The molecule has 1 aliphatic carbocycles. The van der Waals surface area contributed by atoms with Gasteiger partial charge in [0.2, 0.25) is 5.56 Å². The molecule has 1 saturated carbocycles. The fraction of sp³-hybridized carbons (Fsp3) is 0.636. The molecule has 0 radical (unpaired) electrons. The zero-order chi connectivity index (χ0) is 38.6. The van der Waals surface area contributed by atoms with E-state index in [-0.39, 0.29) is 34.6 Å². The van der Waals surface area contributed by atoms with Crippen LogP contribution < -0.4 is 16.2 Å². The van der Waals surface area contributed by atoms with Crippen LogP contribution in [0.25, 0.3) is 10.9 Å². The molecule has 2 aliphatic rings. The van der Waals surface area contributed by atoms with Gasteiger partial charge in [-0.05, 0) is 105 Å². The number of phenols is 1. The molecule has 1 saturated heterocycles. The van der Waals surface area contributed by atoms with Crippen molar-refractivity contribution < 1.29 is 19.1 Å². The number of benzene rings is 2. The van der Waals surface area contributed by atoms with Crippen molar-refractivity contribution in [1.29, 1.82) is 0 Å². The van der Waals surface area contributed by atoms with E-state index in [1.165, 1.54) is 82.3 Å². The molecule has 2 fully saturated rings. The van der Waals surface area contributed by atoms with Crippen LogP contribution in [0.5, 0.6) is 5.75 Å². The molecule has 2 heterocycles. The van der Waals surface area contributed by atoms with Gasteiger partial charge in [-0.15, -0.1) is 0 Å². The number of H-pyrrole nitrogens is 1. The highest BCUT2D eigenvalue weighted by Crippen LogP contribution is 2.41. The first-order valence-electron chi connectivity index (χ1n) is 20.9. The van der Waals surface area contributed by atoms with Crippen LogP contribution in [-0.2, 0) is 9.16 Å². The smallest absolute Gasteiger partial charge is 0.411 e. The quantitative estimate of drug-likeness (QED) is 0.0754. The van der Waals surface area contributed by atoms with E-state index in [9.17, 15) is 14.7 Å². The third-order valence-corrected chi connectivity index (χ3v) is 16.7. The van der Waals surface area contributed by atoms with Gasteiger partial charge in [0.1, 0.15) is 11.9 Å². The number of nitrogens with one attached hydrogen (secondary N) is 3. The number of rotatable bonds is 18. The van der Waals surface area contributed by atoms with Gasteiger partial charge in [-0.3, -0.25) is 10.1 Å². The minimum Gasteiger partial charge on any atom is -0.506 e. The summed E-state index contributed by atoms with van der Waals surface area (Å²) in [4.78, 5) is 30.2. The number of unbranched alkanes of at least 4 members (excludes halogenated alkanes) is 6. The maximum absolute atomic E-state index is 12.8. The van der Waals surface area contributed by atoms with E-state index in [0.717, 1.165) is 62.1 Å². The van der Waals surface area contributed by atoms with Gasteiger partial charge < -0.3 is 29.5 Å². The number of aromatic amines is 1. The number of hydrogen-bond acceptors (Lipinski definition) is 7. The van der Waals surface area contributed by atoms with E-state index < -0.39 is 8.32 Å². The lowest BCUT2D eigenvalue weighted by atomic mass is 9.83. The molecule has 1 atom stereocenters. The Bertz CT molecular complexity index is 1670. The number of phenolic OH excluding ortho intramolecular Hbond substituents is 1. The van der Waals surface area contributed by atoms with E-state index in [4.69, 9.17) is 9.16 Å². The summed E-state index contributed by atoms with van der Waals surface area (Å²) >= 11 is 0. The van der Waals surface area contributed by atoms with Crippen LogP contribution in [0.3, 0.4) is 0 Å². The number of fused-ring (bicyclic) bond motifs is 1. The maximum Gasteiger partial charge on any atom is 0.411 e. The molecule has 298 valence electrons. The van der Waals surface area contributed by atoms with Gasteiger partial charge in [0.25, 0.3) is 0 Å². The number of aromatic nitrogens is 1. The number of pyridine rings is 1. The first kappa shape index (κ1) is 42.0. The van der Waals surface area contributed by atoms with Gasteiger partial charge in [-0.25, -0.2) is 4.79 Å². The first-order chi connectivity index (χ1) is 25.9. The van der Waals surface area contributed by atoms with Gasteiger partial charge in [0.15, 0.2) is 8.32 Å². The average molecular weight is 761 g/mol. The third kappa shape index (κ3) is 12.2. The van der Waals surface area contributed by atoms with Crippen LogP contribution in [0, 0.1) is 0 Å². The molecular formula is C44H68N4O5Si. The summed E-state index contributed by atoms with van der Waals surface area (Å²) in [6, 6.07) is 15.2. The Morgan fingerprint density at radius 1 is 0.907 bits per heavy atom. The Balaban J connectivity index is 0.935. The molecule has 3 aromatic rings. The largest absolute Gasteiger partial charge is 0.506 e. The Morgan fingerprint density at radius 3 is 2.31 bits per heavy atom. The van der Waals surface area contributed by atoms with E-state index in [1.54, 1.807) is 12.1 Å². The molecule has 0 bridgehead atoms. The van der Waals surface area contributed by atoms with Crippen LogP contribution in [-0.4, -0.2) is 68.2 Å². The number of amides is 1. The van der Waals surface area contributed by atoms with E-state index in [2.05, 4.69) is 66.5 Å². The standard InChI is InChI=1S/C44H68N4O5Si/c1-44(2,3)54(4,5)53-40(36-22-24-39(49)42-37(36)23-25-41(50)47-42)32-45-28-16-9-7-6-8-10-17-29-48-30-26-34(27-31-48)52-43(51)46-38-21-15-14-20-35(38)33-18-12-11-13-19-33/h14-15,20-25,33-34,40,45,49H,6-13,16-19,26-32H2,1-5H3,(H,46,51)(H,47,50). The predicted molar refractivity (Wildman–Crippen MR) is 224 cm³/mol. The minimum atomic E-state index is -2.10. The zero-order valence-electron chi connectivity index (χ0n) is 33.8. The number of nitrogens with zero attached hydrogens (tertiary/aromatic N) is 1. The Morgan fingerprint density at radius 2 is 1.59 bits per heavy atom. The van der Waals surface area contributed by atoms with Crippen molar-refractivity contribution in [3.63, 3.8) is 0 Å². The molecule has 2 aromatic carbocycles. The molecule has 9 nitrogen and oxygen atoms in total. The van der Waals surface area contributed by atoms with Crippen LogP contribution in [0.2, 0.25) is 18.1 Å². The summed E-state index contributed by atoms with van der Waals surface area (Å²) in [6.07, 6.45) is 16.2. The lowest BCUT2D eigenvalue weighted by Crippen LogP contribution is -2.43. The molecule has 1 amide bonds. The Hall–Kier alpha value is -3.18. The Labute approximate surface area is 325 Å². The number of para-hydroxylation sites is 1. The predicted octanol–water partition coefficient (Wildman–Crippen LogP) is 10.4. The molecular weight excluding hydrogens is 693 g/mol. The topological polar surface area (TPSA) is 116 Å². The van der Waals surface area contributed by atoms with Gasteiger partial charge >= 0.3 is 6.09 Å². The summed E-state index contributed by atoms with van der Waals surface area (Å²) in [5.41, 5.74) is 3.40. The summed E-state index contributed by atoms with van der Waals surface area (Å²) in [6.45, 7) is 16.0. The fourth-order valence-corrected chi connectivity index (χ4v) is 9.19. The van der Waals surface area contributed by atoms with E-state index in [1.807, 2.05) is 18.2 Å². The third-order valence-electron chi connectivity index (χ3n) is 12.2. The SMILES string of the molecule is CC(C)(C)[Si](C)(C)OC(CNCCCCCCCCCN1CCC(OC(=O)Nc2ccccc2C2CCCCC2)CC1)c1ccc(O)c2[nH]c(=O)ccc12. The lowest BCUT2D eigenvalue weighted by molar-refractivity contribution is 0.0584. The second-order valence-electron chi connectivity index (χ2n) is 17.3. The average Bonchev–Trinajstić information content (AvgIpc) is 3.14. The number of likely N-dealkylation sites (tertiary alicyclic amines) is 1. The van der Waals surface area contributed by atoms with Crippen molar-refractivity contribution in [2.75, 3.05) is 38.0 Å². The van der Waals surface area contributed by atoms with Gasteiger partial charge in [-0.1, -0.05) is 96.4 Å². The zero-order valence-corrected chi connectivity index (χ0v) is 34.8. The van der Waals surface area contributed by atoms with E-state index in [0.29, 0.717) is 18.0 Å². The molecule has 1 aromatic heterocycles. The number of anilines is 1. The van der Waals surface area contributed by atoms with Crippen molar-refractivity contribution in [3.8, 4) is 5.75 Å². The second kappa shape index (κ2) is 20.1. The number of carbonyl (C=O) groups excluding carboxylic acids is 1. The number of hydrogen-bond donors (Lipinski definition) is 4. The number of carbonyl (C=O) groups is 1. The van der Waals surface area contributed by atoms with Gasteiger partial charge in [0, 0.05) is 36.8 Å². The highest BCUT2D eigenvalue weighted by Gasteiger charge is 2.39. The minimum absolute atomic E-state index is 0.00677. The molecule has 0 spiro atoms. The lowest BCUT2D eigenvalue weighted by Gasteiger charge is -2.39. The molecule has 4 N–H and O–H groups in total. The van der Waals surface area contributed by atoms with Crippen LogP contribution in [0.4, 0.5) is 10.5 Å². The molecule has 1 aliphatic heterocycles. The van der Waals surface area contributed by atoms with Crippen LogP contribution in [0.1, 0.15) is 134 Å². The van der Waals surface area contributed by atoms with Crippen molar-refractivity contribution in [1.82, 2.24) is 15.2 Å². The van der Waals surface area contributed by atoms with Crippen LogP contribution >= 0.6 is 0 Å². The first-order valence-corrected chi connectivity index (χ1v) is 23.8. The number of aromatic hydroxyl groups is 1. The fourth-order valence-electron chi connectivity index (χ4n) is 7.91. The van der Waals surface area contributed by atoms with Gasteiger partial charge in [-0.2, -0.15) is 0 Å². The second-order valence-corrected chi connectivity index (χ2v) is 22.1. The highest BCUT2D eigenvalue weighted by molar-refractivity contribution is 6.74. The van der Waals surface area contributed by atoms with Gasteiger partial charge in [0.05, 0.1) is 11.6 Å². The van der Waals surface area contributed by atoms with Crippen LogP contribution in [0.15, 0.2) is 53.3 Å². The molecule has 10 heteroatoms. The summed E-state index contributed by atoms with van der Waals surface area (Å²) in [7, 11) is -2.10. The van der Waals surface area contributed by atoms with Crippen molar-refractivity contribution >= 4 is 31.0 Å². The normalized spacial score (nSPS) is 17.1. The molecule has 5 rings (SSSR count). The van der Waals surface area contributed by atoms with Crippen molar-refractivity contribution in [3.05, 3.63) is 70.0 Å². The number of ether oxygens (including phenoxy) is 1. The summed E-state index contributed by atoms with van der Waals surface area (Å²) in [5.74, 6) is 0.611. The monoisotopic (exact) mass is 760 g/mol. The highest BCUT2D eigenvalue weighted by atomic mass is 28.4. The van der Waals surface area contributed by atoms with E-state index >= 15 is 0 Å². The Kier molecular flexibility index (Phi) is 15.6. The maximum atomic E-state index is 12.8. The van der Waals surface area contributed by atoms with Crippen molar-refractivity contribution in [2.24, 2.45) is 0 Å². The summed E-state index contributed by atoms with van der Waals surface area (Å²) < 4.78 is 12.8. The van der Waals surface area contributed by atoms with Crippen molar-refractivity contribution in [2.45, 2.75) is 147 Å². The molecule has 1 unspecified atom stereocenters. The number of piperidine rings is 1.